The van der Waals surface area contributed by atoms with Crippen LogP contribution in [-0.2, 0) is 6.54 Å². The van der Waals surface area contributed by atoms with Crippen molar-refractivity contribution in [2.24, 2.45) is 0 Å². The Hall–Kier alpha value is -0.870. The minimum atomic E-state index is -0.127. The summed E-state index contributed by atoms with van der Waals surface area (Å²) in [7, 11) is 0. The Bertz CT molecular complexity index is 300. The van der Waals surface area contributed by atoms with Crippen LogP contribution in [0.15, 0.2) is 18.7 Å². The molecule has 96 valence electrons. The molecule has 1 aliphatic rings. The second kappa shape index (κ2) is 6.77. The average Bonchev–Trinajstić information content (AvgIpc) is 2.84. The highest BCUT2D eigenvalue weighted by Crippen LogP contribution is 2.18. The van der Waals surface area contributed by atoms with Gasteiger partial charge in [0.2, 0.25) is 0 Å². The van der Waals surface area contributed by atoms with Gasteiger partial charge >= 0.3 is 0 Å². The summed E-state index contributed by atoms with van der Waals surface area (Å²) in [5, 5.41) is 13.3. The lowest BCUT2D eigenvalue weighted by Gasteiger charge is -2.28. The smallest absolute Gasteiger partial charge is 0.0945 e. The van der Waals surface area contributed by atoms with Crippen LogP contribution in [0.25, 0.3) is 0 Å². The number of nitrogens with one attached hydrogen (secondary N) is 1. The third kappa shape index (κ3) is 4.13. The van der Waals surface area contributed by atoms with Crippen molar-refractivity contribution in [3.05, 3.63) is 18.7 Å². The Morgan fingerprint density at radius 2 is 2.18 bits per heavy atom. The predicted octanol–water partition coefficient (Wildman–Crippen LogP) is 1.56. The molecule has 0 radical (unpaired) electrons. The van der Waals surface area contributed by atoms with E-state index >= 15 is 0 Å². The molecule has 1 saturated carbocycles. The highest BCUT2D eigenvalue weighted by atomic mass is 16.3. The quantitative estimate of drug-likeness (QED) is 0.738. The Kier molecular flexibility index (Phi) is 5.01. The third-order valence-corrected chi connectivity index (χ3v) is 3.54. The molecule has 1 fully saturated rings. The van der Waals surface area contributed by atoms with Crippen LogP contribution in [0.3, 0.4) is 0 Å². The van der Waals surface area contributed by atoms with E-state index in [9.17, 15) is 5.11 Å². The Morgan fingerprint density at radius 3 is 2.94 bits per heavy atom. The van der Waals surface area contributed by atoms with Gasteiger partial charge in [-0.15, -0.1) is 0 Å². The van der Waals surface area contributed by atoms with E-state index in [2.05, 4.69) is 14.9 Å². The number of aliphatic hydroxyl groups is 1. The van der Waals surface area contributed by atoms with Crippen molar-refractivity contribution in [2.45, 2.75) is 57.2 Å². The molecule has 0 spiro atoms. The van der Waals surface area contributed by atoms with Crippen molar-refractivity contribution in [1.29, 1.82) is 0 Å². The van der Waals surface area contributed by atoms with Crippen molar-refractivity contribution < 1.29 is 5.11 Å². The molecule has 0 aromatic carbocycles. The van der Waals surface area contributed by atoms with Crippen LogP contribution in [0, 0.1) is 0 Å². The van der Waals surface area contributed by atoms with Gasteiger partial charge in [-0.3, -0.25) is 0 Å². The minimum absolute atomic E-state index is 0.127. The summed E-state index contributed by atoms with van der Waals surface area (Å²) in [6.45, 7) is 2.05. The van der Waals surface area contributed by atoms with Crippen LogP contribution in [-0.4, -0.2) is 33.3 Å². The molecule has 2 N–H and O–H groups in total. The highest BCUT2D eigenvalue weighted by Gasteiger charge is 2.21. The van der Waals surface area contributed by atoms with Crippen LogP contribution in [0.1, 0.15) is 38.5 Å². The van der Waals surface area contributed by atoms with Gasteiger partial charge in [-0.25, -0.2) is 4.98 Å². The number of hydrogen-bond donors (Lipinski definition) is 2. The molecule has 2 rings (SSSR count). The van der Waals surface area contributed by atoms with E-state index in [0.717, 1.165) is 38.8 Å². The number of rotatable bonds is 6. The maximum absolute atomic E-state index is 9.80. The third-order valence-electron chi connectivity index (χ3n) is 3.54. The van der Waals surface area contributed by atoms with Crippen LogP contribution in [0.2, 0.25) is 0 Å². The molecule has 0 bridgehead atoms. The van der Waals surface area contributed by atoms with Gasteiger partial charge < -0.3 is 15.0 Å². The summed E-state index contributed by atoms with van der Waals surface area (Å²) in [6.07, 6.45) is 12.4. The van der Waals surface area contributed by atoms with Crippen LogP contribution in [0.5, 0.6) is 0 Å². The topological polar surface area (TPSA) is 50.1 Å². The van der Waals surface area contributed by atoms with Gasteiger partial charge in [0, 0.05) is 25.0 Å². The molecule has 1 heterocycles. The van der Waals surface area contributed by atoms with Gasteiger partial charge in [-0.1, -0.05) is 12.8 Å². The lowest BCUT2D eigenvalue weighted by molar-refractivity contribution is 0.0909. The summed E-state index contributed by atoms with van der Waals surface area (Å²) >= 11 is 0. The fraction of sp³-hybridized carbons (Fsp3) is 0.769. The van der Waals surface area contributed by atoms with Gasteiger partial charge in [-0.05, 0) is 32.2 Å². The summed E-state index contributed by atoms with van der Waals surface area (Å²) in [5.41, 5.74) is 0. The van der Waals surface area contributed by atoms with E-state index in [4.69, 9.17) is 0 Å². The van der Waals surface area contributed by atoms with Crippen molar-refractivity contribution >= 4 is 0 Å². The number of nitrogens with zero attached hydrogens (tertiary/aromatic N) is 2. The van der Waals surface area contributed by atoms with Crippen molar-refractivity contribution in [1.82, 2.24) is 14.9 Å². The Balaban J connectivity index is 1.53. The zero-order chi connectivity index (χ0) is 11.9. The maximum atomic E-state index is 9.80. The van der Waals surface area contributed by atoms with Gasteiger partial charge in [-0.2, -0.15) is 0 Å². The zero-order valence-corrected chi connectivity index (χ0v) is 10.4. The first kappa shape index (κ1) is 12.6. The van der Waals surface area contributed by atoms with E-state index in [1.54, 1.807) is 0 Å². The molecule has 4 nitrogen and oxygen atoms in total. The van der Waals surface area contributed by atoms with Crippen LogP contribution in [0.4, 0.5) is 0 Å². The van der Waals surface area contributed by atoms with E-state index in [1.165, 1.54) is 12.8 Å². The Labute approximate surface area is 103 Å². The van der Waals surface area contributed by atoms with Crippen molar-refractivity contribution in [3.8, 4) is 0 Å². The summed E-state index contributed by atoms with van der Waals surface area (Å²) in [5.74, 6) is 0. The second-order valence-electron chi connectivity index (χ2n) is 4.92. The van der Waals surface area contributed by atoms with E-state index < -0.39 is 0 Å². The number of aliphatic hydroxyl groups excluding tert-OH is 1. The molecular weight excluding hydrogens is 214 g/mol. The average molecular weight is 237 g/mol. The highest BCUT2D eigenvalue weighted by molar-refractivity contribution is 4.80. The van der Waals surface area contributed by atoms with Gasteiger partial charge in [0.15, 0.2) is 0 Å². The fourth-order valence-corrected chi connectivity index (χ4v) is 2.48. The number of imidazole rings is 1. The second-order valence-corrected chi connectivity index (χ2v) is 4.92. The first-order chi connectivity index (χ1) is 8.36. The van der Waals surface area contributed by atoms with Gasteiger partial charge in [0.1, 0.15) is 0 Å². The molecule has 17 heavy (non-hydrogen) atoms. The molecule has 2 atom stereocenters. The summed E-state index contributed by atoms with van der Waals surface area (Å²) < 4.78 is 2.11. The normalized spacial score (nSPS) is 25.0. The zero-order valence-electron chi connectivity index (χ0n) is 10.4. The standard InChI is InChI=1S/C13H23N3O/c17-13-6-2-1-5-12(13)15-7-3-4-9-16-10-8-14-11-16/h8,10-13,15,17H,1-7,9H2. The number of hydrogen-bond acceptors (Lipinski definition) is 3. The molecular formula is C13H23N3O. The van der Waals surface area contributed by atoms with Crippen LogP contribution >= 0.6 is 0 Å². The largest absolute Gasteiger partial charge is 0.392 e. The van der Waals surface area contributed by atoms with E-state index in [-0.39, 0.29) is 6.10 Å². The lowest BCUT2D eigenvalue weighted by atomic mass is 9.92. The van der Waals surface area contributed by atoms with Crippen LogP contribution < -0.4 is 5.32 Å². The molecule has 1 aliphatic carbocycles. The van der Waals surface area contributed by atoms with E-state index in [0.29, 0.717) is 6.04 Å². The summed E-state index contributed by atoms with van der Waals surface area (Å²) in [4.78, 5) is 4.02. The monoisotopic (exact) mass is 237 g/mol. The molecule has 0 aliphatic heterocycles. The molecule has 2 unspecified atom stereocenters. The van der Waals surface area contributed by atoms with E-state index in [1.807, 2.05) is 18.7 Å². The number of aryl methyl sites for hydroxylation is 1. The predicted molar refractivity (Wildman–Crippen MR) is 67.7 cm³/mol. The molecule has 1 aromatic heterocycles. The van der Waals surface area contributed by atoms with Crippen molar-refractivity contribution in [2.75, 3.05) is 6.54 Å². The number of aromatic nitrogens is 2. The number of unbranched alkanes of at least 4 members (excludes halogenated alkanes) is 1. The van der Waals surface area contributed by atoms with Crippen molar-refractivity contribution in [3.63, 3.8) is 0 Å². The van der Waals surface area contributed by atoms with Gasteiger partial charge in [0.05, 0.1) is 12.4 Å². The summed E-state index contributed by atoms with van der Waals surface area (Å²) in [6, 6.07) is 0.331. The van der Waals surface area contributed by atoms with Gasteiger partial charge in [0.25, 0.3) is 0 Å². The molecule has 0 amide bonds. The minimum Gasteiger partial charge on any atom is -0.392 e. The molecule has 0 saturated heterocycles. The SMILES string of the molecule is OC1CCCCC1NCCCCn1ccnc1. The molecule has 1 aromatic rings. The fourth-order valence-electron chi connectivity index (χ4n) is 2.48. The Morgan fingerprint density at radius 1 is 1.29 bits per heavy atom. The first-order valence-corrected chi connectivity index (χ1v) is 6.73. The maximum Gasteiger partial charge on any atom is 0.0945 e. The molecule has 4 heteroatoms. The lowest BCUT2D eigenvalue weighted by Crippen LogP contribution is -2.42. The first-order valence-electron chi connectivity index (χ1n) is 6.73.